The average Bonchev–Trinajstić information content (AvgIpc) is 2.96. The summed E-state index contributed by atoms with van der Waals surface area (Å²) in [7, 11) is 2.97. The van der Waals surface area contributed by atoms with Gasteiger partial charge in [0.2, 0.25) is 0 Å². The SMILES string of the molecule is COc1cc(C(C)F)c(C2(C(=O)O)CCCC2)cc1OC. The number of carbonyl (C=O) groups is 1. The van der Waals surface area contributed by atoms with Crippen LogP contribution in [0.15, 0.2) is 12.1 Å². The van der Waals surface area contributed by atoms with Crippen LogP contribution in [0.2, 0.25) is 0 Å². The molecule has 1 aromatic rings. The first kappa shape index (κ1) is 15.6. The number of halogens is 1. The summed E-state index contributed by atoms with van der Waals surface area (Å²) >= 11 is 0. The molecule has 1 atom stereocenters. The molecular weight excluding hydrogens is 275 g/mol. The molecule has 1 unspecified atom stereocenters. The van der Waals surface area contributed by atoms with Crippen molar-refractivity contribution in [2.24, 2.45) is 0 Å². The van der Waals surface area contributed by atoms with Crippen LogP contribution >= 0.6 is 0 Å². The van der Waals surface area contributed by atoms with Gasteiger partial charge in [0.1, 0.15) is 6.17 Å². The number of rotatable bonds is 5. The Morgan fingerprint density at radius 1 is 1.24 bits per heavy atom. The van der Waals surface area contributed by atoms with Crippen LogP contribution < -0.4 is 9.47 Å². The monoisotopic (exact) mass is 296 g/mol. The van der Waals surface area contributed by atoms with Crippen LogP contribution in [0.1, 0.15) is 49.9 Å². The molecule has 0 heterocycles. The molecule has 1 N–H and O–H groups in total. The van der Waals surface area contributed by atoms with Crippen molar-refractivity contribution in [3.05, 3.63) is 23.3 Å². The van der Waals surface area contributed by atoms with Gasteiger partial charge in [0.15, 0.2) is 11.5 Å². The van der Waals surface area contributed by atoms with Crippen LogP contribution in [0.4, 0.5) is 4.39 Å². The quantitative estimate of drug-likeness (QED) is 0.901. The van der Waals surface area contributed by atoms with E-state index in [0.717, 1.165) is 12.8 Å². The van der Waals surface area contributed by atoms with Crippen molar-refractivity contribution in [2.75, 3.05) is 14.2 Å². The van der Waals surface area contributed by atoms with E-state index in [-0.39, 0.29) is 0 Å². The minimum atomic E-state index is -1.27. The van der Waals surface area contributed by atoms with Gasteiger partial charge in [-0.05, 0) is 43.0 Å². The second kappa shape index (κ2) is 5.92. The predicted octanol–water partition coefficient (Wildman–Crippen LogP) is 3.63. The van der Waals surface area contributed by atoms with Gasteiger partial charge < -0.3 is 14.6 Å². The molecule has 0 radical (unpaired) electrons. The minimum Gasteiger partial charge on any atom is -0.493 e. The summed E-state index contributed by atoms with van der Waals surface area (Å²) in [5.41, 5.74) is -0.132. The lowest BCUT2D eigenvalue weighted by Gasteiger charge is -2.28. The Labute approximate surface area is 123 Å². The summed E-state index contributed by atoms with van der Waals surface area (Å²) in [4.78, 5) is 11.9. The topological polar surface area (TPSA) is 55.8 Å². The van der Waals surface area contributed by atoms with Crippen molar-refractivity contribution in [3.8, 4) is 11.5 Å². The van der Waals surface area contributed by atoms with Crippen molar-refractivity contribution in [2.45, 2.75) is 44.2 Å². The van der Waals surface area contributed by atoms with Crippen LogP contribution in [0.25, 0.3) is 0 Å². The van der Waals surface area contributed by atoms with E-state index < -0.39 is 17.6 Å². The molecule has 2 rings (SSSR count). The van der Waals surface area contributed by atoms with Crippen LogP contribution in [0, 0.1) is 0 Å². The van der Waals surface area contributed by atoms with Gasteiger partial charge in [-0.1, -0.05) is 12.8 Å². The van der Waals surface area contributed by atoms with Crippen molar-refractivity contribution in [1.29, 1.82) is 0 Å². The van der Waals surface area contributed by atoms with E-state index in [1.807, 2.05) is 0 Å². The normalized spacial score (nSPS) is 18.3. The number of hydrogen-bond acceptors (Lipinski definition) is 3. The van der Waals surface area contributed by atoms with Crippen molar-refractivity contribution in [1.82, 2.24) is 0 Å². The summed E-state index contributed by atoms with van der Waals surface area (Å²) in [6.45, 7) is 1.41. The molecule has 5 heteroatoms. The summed E-state index contributed by atoms with van der Waals surface area (Å²) in [5, 5.41) is 9.72. The number of benzene rings is 1. The van der Waals surface area contributed by atoms with Crippen LogP contribution in [-0.2, 0) is 10.2 Å². The lowest BCUT2D eigenvalue weighted by Crippen LogP contribution is -2.34. The van der Waals surface area contributed by atoms with Crippen LogP contribution in [0.3, 0.4) is 0 Å². The zero-order valence-corrected chi connectivity index (χ0v) is 12.6. The largest absolute Gasteiger partial charge is 0.493 e. The fourth-order valence-electron chi connectivity index (χ4n) is 3.22. The van der Waals surface area contributed by atoms with Crippen molar-refractivity contribution in [3.63, 3.8) is 0 Å². The third-order valence-electron chi connectivity index (χ3n) is 4.37. The van der Waals surface area contributed by atoms with E-state index in [1.165, 1.54) is 21.1 Å². The molecule has 1 fully saturated rings. The third-order valence-corrected chi connectivity index (χ3v) is 4.37. The zero-order chi connectivity index (χ0) is 15.6. The Balaban J connectivity index is 2.68. The maximum atomic E-state index is 14.0. The Morgan fingerprint density at radius 3 is 2.19 bits per heavy atom. The number of hydrogen-bond donors (Lipinski definition) is 1. The Kier molecular flexibility index (Phi) is 4.40. The Hall–Kier alpha value is -1.78. The predicted molar refractivity (Wildman–Crippen MR) is 76.9 cm³/mol. The van der Waals surface area contributed by atoms with E-state index >= 15 is 0 Å². The molecule has 0 aliphatic heterocycles. The summed E-state index contributed by atoms with van der Waals surface area (Å²) in [6, 6.07) is 3.19. The molecule has 0 bridgehead atoms. The summed E-state index contributed by atoms with van der Waals surface area (Å²) in [5.74, 6) is -0.0437. The fraction of sp³-hybridized carbons (Fsp3) is 0.562. The van der Waals surface area contributed by atoms with E-state index in [4.69, 9.17) is 9.47 Å². The van der Waals surface area contributed by atoms with Gasteiger partial charge in [0.25, 0.3) is 0 Å². The lowest BCUT2D eigenvalue weighted by atomic mass is 9.75. The molecule has 0 saturated heterocycles. The van der Waals surface area contributed by atoms with Crippen LogP contribution in [0.5, 0.6) is 11.5 Å². The van der Waals surface area contributed by atoms with E-state index in [2.05, 4.69) is 0 Å². The highest BCUT2D eigenvalue weighted by atomic mass is 19.1. The molecule has 1 saturated carbocycles. The first-order valence-corrected chi connectivity index (χ1v) is 7.10. The fourth-order valence-corrected chi connectivity index (χ4v) is 3.22. The average molecular weight is 296 g/mol. The highest BCUT2D eigenvalue weighted by molar-refractivity contribution is 5.83. The molecule has 0 spiro atoms. The number of alkyl halides is 1. The molecule has 116 valence electrons. The lowest BCUT2D eigenvalue weighted by molar-refractivity contribution is -0.143. The number of aliphatic carboxylic acids is 1. The Morgan fingerprint density at radius 2 is 1.76 bits per heavy atom. The molecule has 0 amide bonds. The molecule has 1 aliphatic carbocycles. The number of carboxylic acids is 1. The Bertz CT molecular complexity index is 533. The van der Waals surface area contributed by atoms with Gasteiger partial charge in [-0.3, -0.25) is 4.79 Å². The summed E-state index contributed by atoms with van der Waals surface area (Å²) in [6.07, 6.45) is 1.45. The minimum absolute atomic E-state index is 0.372. The number of carboxylic acid groups (broad SMARTS) is 1. The van der Waals surface area contributed by atoms with Gasteiger partial charge in [-0.2, -0.15) is 0 Å². The second-order valence-corrected chi connectivity index (χ2v) is 5.50. The number of methoxy groups -OCH3 is 2. The first-order valence-electron chi connectivity index (χ1n) is 7.10. The first-order chi connectivity index (χ1) is 9.96. The van der Waals surface area contributed by atoms with E-state index in [0.29, 0.717) is 35.5 Å². The maximum absolute atomic E-state index is 14.0. The molecule has 1 aliphatic rings. The number of ether oxygens (including phenoxy) is 2. The van der Waals surface area contributed by atoms with E-state index in [1.54, 1.807) is 12.1 Å². The van der Waals surface area contributed by atoms with Gasteiger partial charge in [0, 0.05) is 0 Å². The molecule has 21 heavy (non-hydrogen) atoms. The van der Waals surface area contributed by atoms with Gasteiger partial charge in [0.05, 0.1) is 19.6 Å². The molecule has 4 nitrogen and oxygen atoms in total. The second-order valence-electron chi connectivity index (χ2n) is 5.50. The van der Waals surface area contributed by atoms with E-state index in [9.17, 15) is 14.3 Å². The van der Waals surface area contributed by atoms with Gasteiger partial charge in [-0.15, -0.1) is 0 Å². The smallest absolute Gasteiger partial charge is 0.314 e. The van der Waals surface area contributed by atoms with Gasteiger partial charge >= 0.3 is 5.97 Å². The van der Waals surface area contributed by atoms with Crippen molar-refractivity contribution < 1.29 is 23.8 Å². The molecular formula is C16H21FO4. The highest BCUT2D eigenvalue weighted by Crippen LogP contribution is 2.47. The highest BCUT2D eigenvalue weighted by Gasteiger charge is 2.45. The van der Waals surface area contributed by atoms with Crippen molar-refractivity contribution >= 4 is 5.97 Å². The van der Waals surface area contributed by atoms with Crippen LogP contribution in [-0.4, -0.2) is 25.3 Å². The zero-order valence-electron chi connectivity index (χ0n) is 12.6. The third kappa shape index (κ3) is 2.57. The summed E-state index contributed by atoms with van der Waals surface area (Å²) < 4.78 is 24.5. The standard InChI is InChI=1S/C16H21FO4/c1-10(17)11-8-13(20-2)14(21-3)9-12(11)16(15(18)19)6-4-5-7-16/h8-10H,4-7H2,1-3H3,(H,18,19). The molecule has 0 aromatic heterocycles. The van der Waals surface area contributed by atoms with Gasteiger partial charge in [-0.25, -0.2) is 4.39 Å². The molecule has 1 aromatic carbocycles. The maximum Gasteiger partial charge on any atom is 0.314 e.